The first-order valence-corrected chi connectivity index (χ1v) is 14.2. The van der Waals surface area contributed by atoms with Crippen molar-refractivity contribution in [3.8, 4) is 11.5 Å². The van der Waals surface area contributed by atoms with Crippen molar-refractivity contribution in [2.75, 3.05) is 23.4 Å². The van der Waals surface area contributed by atoms with Gasteiger partial charge in [0.05, 0.1) is 47.5 Å². The van der Waals surface area contributed by atoms with Crippen molar-refractivity contribution in [2.24, 2.45) is 0 Å². The first kappa shape index (κ1) is 42.2. The first-order valence-electron chi connectivity index (χ1n) is 13.4. The van der Waals surface area contributed by atoms with Crippen LogP contribution in [-0.4, -0.2) is 72.3 Å². The number of halogens is 10. The smallest absolute Gasteiger partial charge is 0.434 e. The highest BCUT2D eigenvalue weighted by molar-refractivity contribution is 6.32. The fourth-order valence-electron chi connectivity index (χ4n) is 3.49. The van der Waals surface area contributed by atoms with Crippen LogP contribution in [0.2, 0.25) is 10.0 Å². The highest BCUT2D eigenvalue weighted by atomic mass is 35.5. The van der Waals surface area contributed by atoms with E-state index in [1.54, 1.807) is 5.32 Å². The number of carbonyl (C=O) groups is 6. The van der Waals surface area contributed by atoms with E-state index >= 15 is 0 Å². The van der Waals surface area contributed by atoms with Gasteiger partial charge in [0.2, 0.25) is 23.3 Å². The van der Waals surface area contributed by atoms with Gasteiger partial charge in [0.15, 0.2) is 11.5 Å². The Bertz CT molecular complexity index is 1690. The van der Waals surface area contributed by atoms with Gasteiger partial charge in [0.25, 0.3) is 0 Å². The second-order valence-corrected chi connectivity index (χ2v) is 10.2. The molecule has 2 aromatic carbocycles. The quantitative estimate of drug-likeness (QED) is 0.120. The van der Waals surface area contributed by atoms with Gasteiger partial charge in [-0.05, 0) is 26.0 Å². The van der Waals surface area contributed by atoms with Gasteiger partial charge >= 0.3 is 30.7 Å². The van der Waals surface area contributed by atoms with Gasteiger partial charge in [0.1, 0.15) is 11.6 Å². The molecule has 1 fully saturated rings. The third-order valence-electron chi connectivity index (χ3n) is 5.73. The standard InChI is InChI=1S/C14H11ClF4N2O6.C13H10ClF4NO5/c1-2-26-12(24)27-9-4-8(7(16)3-6(9)15)21-10(22)5-13(25,14(17,18)19)20-11(21)23;1-2-23-12(22)24-9-4-8(7(15)3-6(9)14)19-11(21)5-10(20)13(16,17)18/h3-4,25H,2,5H2,1H3,(H,20,23);3-4H,2,5H2,1H3,(H,19,21). The zero-order valence-corrected chi connectivity index (χ0v) is 26.9. The van der Waals surface area contributed by atoms with Crippen molar-refractivity contribution in [1.82, 2.24) is 5.32 Å². The topological polar surface area (TPSA) is 187 Å². The van der Waals surface area contributed by atoms with Gasteiger partial charge in [-0.15, -0.1) is 0 Å². The molecule has 1 heterocycles. The third-order valence-corrected chi connectivity index (χ3v) is 6.32. The number of hydrogen-bond donors (Lipinski definition) is 3. The van der Waals surface area contributed by atoms with E-state index in [4.69, 9.17) is 23.2 Å². The molecule has 14 nitrogen and oxygen atoms in total. The van der Waals surface area contributed by atoms with E-state index in [0.717, 1.165) is 6.07 Å². The summed E-state index contributed by atoms with van der Waals surface area (Å²) in [5, 5.41) is 11.6. The van der Waals surface area contributed by atoms with E-state index in [2.05, 4.69) is 18.9 Å². The molecule has 1 aliphatic rings. The molecule has 0 saturated carbocycles. The Morgan fingerprint density at radius 3 is 1.82 bits per heavy atom. The summed E-state index contributed by atoms with van der Waals surface area (Å²) in [7, 11) is 0. The summed E-state index contributed by atoms with van der Waals surface area (Å²) >= 11 is 11.3. The Kier molecular flexibility index (Phi) is 13.9. The fraction of sp³-hybridized carbons (Fsp3) is 0.333. The molecule has 24 heteroatoms. The van der Waals surface area contributed by atoms with Gasteiger partial charge in [-0.1, -0.05) is 23.2 Å². The number of ether oxygens (including phenoxy) is 4. The molecular formula is C27H21Cl2F8N3O11. The number of urea groups is 1. The number of anilines is 2. The number of alkyl halides is 6. The maximum absolute atomic E-state index is 14.2. The highest BCUT2D eigenvalue weighted by Crippen LogP contribution is 2.38. The minimum Gasteiger partial charge on any atom is -0.434 e. The number of Topliss-reactive ketones (excluding diaryl/α,β-unsaturated/α-hetero) is 1. The van der Waals surface area contributed by atoms with Crippen molar-refractivity contribution in [1.29, 1.82) is 0 Å². The lowest BCUT2D eigenvalue weighted by Gasteiger charge is -2.38. The number of imide groups is 1. The first-order chi connectivity index (χ1) is 23.4. The summed E-state index contributed by atoms with van der Waals surface area (Å²) < 4.78 is 121. The molecule has 0 bridgehead atoms. The molecule has 1 aliphatic heterocycles. The largest absolute Gasteiger partial charge is 0.513 e. The third kappa shape index (κ3) is 11.3. The molecule has 1 unspecified atom stereocenters. The van der Waals surface area contributed by atoms with Crippen LogP contribution in [0.4, 0.5) is 60.9 Å². The molecule has 0 aromatic heterocycles. The minimum absolute atomic E-state index is 0.0131. The van der Waals surface area contributed by atoms with E-state index in [1.807, 2.05) is 0 Å². The number of benzene rings is 2. The lowest BCUT2D eigenvalue weighted by molar-refractivity contribution is -0.269. The second kappa shape index (κ2) is 16.8. The van der Waals surface area contributed by atoms with Crippen LogP contribution < -0.4 is 25.0 Å². The van der Waals surface area contributed by atoms with Crippen LogP contribution in [0.25, 0.3) is 0 Å². The molecule has 280 valence electrons. The van der Waals surface area contributed by atoms with Crippen LogP contribution >= 0.6 is 23.2 Å². The van der Waals surface area contributed by atoms with Gasteiger partial charge in [0, 0.05) is 12.1 Å². The van der Waals surface area contributed by atoms with E-state index in [1.165, 1.54) is 19.2 Å². The molecule has 1 saturated heterocycles. The van der Waals surface area contributed by atoms with Gasteiger partial charge in [-0.2, -0.15) is 26.3 Å². The summed E-state index contributed by atoms with van der Waals surface area (Å²) in [6.45, 7) is 2.89. The van der Waals surface area contributed by atoms with Crippen molar-refractivity contribution in [3.63, 3.8) is 0 Å². The van der Waals surface area contributed by atoms with Crippen LogP contribution in [0.15, 0.2) is 24.3 Å². The number of rotatable bonds is 8. The Balaban J connectivity index is 0.000000356. The zero-order chi connectivity index (χ0) is 39.1. The van der Waals surface area contributed by atoms with Crippen molar-refractivity contribution in [3.05, 3.63) is 45.9 Å². The number of hydrogen-bond acceptors (Lipinski definition) is 11. The maximum Gasteiger partial charge on any atom is 0.513 e. The van der Waals surface area contributed by atoms with Crippen LogP contribution in [0.1, 0.15) is 26.7 Å². The fourth-order valence-corrected chi connectivity index (χ4v) is 3.87. The molecule has 1 atom stereocenters. The number of aliphatic hydroxyl groups is 1. The summed E-state index contributed by atoms with van der Waals surface area (Å²) in [5.74, 6) is -8.53. The van der Waals surface area contributed by atoms with Crippen molar-refractivity contribution >= 4 is 70.5 Å². The monoisotopic (exact) mass is 785 g/mol. The minimum atomic E-state index is -5.35. The summed E-state index contributed by atoms with van der Waals surface area (Å²) in [5.41, 5.74) is -5.27. The van der Waals surface area contributed by atoms with Crippen LogP contribution in [-0.2, 0) is 23.9 Å². The number of carbonyl (C=O) groups excluding carboxylic acids is 6. The Labute approximate surface area is 289 Å². The lowest BCUT2D eigenvalue weighted by atomic mass is 10.1. The molecule has 51 heavy (non-hydrogen) atoms. The van der Waals surface area contributed by atoms with E-state index in [0.29, 0.717) is 18.2 Å². The Morgan fingerprint density at radius 2 is 1.37 bits per heavy atom. The number of ketones is 1. The van der Waals surface area contributed by atoms with Gasteiger partial charge in [-0.25, -0.2) is 28.1 Å². The van der Waals surface area contributed by atoms with Crippen LogP contribution in [0.5, 0.6) is 11.5 Å². The van der Waals surface area contributed by atoms with Crippen LogP contribution in [0.3, 0.4) is 0 Å². The van der Waals surface area contributed by atoms with Crippen molar-refractivity contribution in [2.45, 2.75) is 44.8 Å². The number of amides is 4. The predicted molar refractivity (Wildman–Crippen MR) is 154 cm³/mol. The molecule has 0 aliphatic carbocycles. The van der Waals surface area contributed by atoms with Crippen molar-refractivity contribution < 1.29 is 87.9 Å². The predicted octanol–water partition coefficient (Wildman–Crippen LogP) is 6.19. The normalized spacial score (nSPS) is 15.9. The zero-order valence-electron chi connectivity index (χ0n) is 25.4. The summed E-state index contributed by atoms with van der Waals surface area (Å²) in [6.07, 6.45) is -16.0. The highest BCUT2D eigenvalue weighted by Gasteiger charge is 2.60. The molecule has 4 amide bonds. The number of nitrogens with zero attached hydrogens (tertiary/aromatic N) is 1. The van der Waals surface area contributed by atoms with Gasteiger partial charge in [-0.3, -0.25) is 14.4 Å². The van der Waals surface area contributed by atoms with E-state index in [-0.39, 0.29) is 23.1 Å². The van der Waals surface area contributed by atoms with E-state index < -0.39 is 106 Å². The maximum atomic E-state index is 14.2. The van der Waals surface area contributed by atoms with E-state index in [9.17, 15) is 69.0 Å². The molecule has 3 rings (SSSR count). The van der Waals surface area contributed by atoms with Gasteiger partial charge < -0.3 is 34.7 Å². The lowest BCUT2D eigenvalue weighted by Crippen LogP contribution is -2.68. The Morgan fingerprint density at radius 1 is 0.882 bits per heavy atom. The number of nitrogens with one attached hydrogen (secondary N) is 2. The average Bonchev–Trinajstić information content (AvgIpc) is 2.97. The summed E-state index contributed by atoms with van der Waals surface area (Å²) in [6, 6.07) is 0.928. The SMILES string of the molecule is CCOC(=O)Oc1cc(N2C(=O)CC(O)(C(F)(F)F)NC2=O)c(F)cc1Cl.CCOC(=O)Oc1cc(NC(=O)CC(=O)C(F)(F)F)c(F)cc1Cl. The van der Waals surface area contributed by atoms with Crippen LogP contribution in [0, 0.1) is 11.6 Å². The molecule has 2 aromatic rings. The molecular weight excluding hydrogens is 765 g/mol. The Hall–Kier alpha value is -4.96. The second-order valence-electron chi connectivity index (χ2n) is 9.41. The molecule has 3 N–H and O–H groups in total. The molecule has 0 radical (unpaired) electrons. The molecule has 0 spiro atoms. The summed E-state index contributed by atoms with van der Waals surface area (Å²) in [4.78, 5) is 68.6. The average molecular weight is 786 g/mol.